The van der Waals surface area contributed by atoms with Crippen molar-refractivity contribution in [3.8, 4) is 17.2 Å². The molecule has 0 N–H and O–H groups in total. The van der Waals surface area contributed by atoms with Gasteiger partial charge in [-0.2, -0.15) is 8.78 Å². The maximum atomic E-state index is 13.4. The van der Waals surface area contributed by atoms with Gasteiger partial charge in [-0.1, -0.05) is 59.6 Å². The summed E-state index contributed by atoms with van der Waals surface area (Å²) in [5.74, 6) is 0.590. The van der Waals surface area contributed by atoms with Crippen LogP contribution in [-0.4, -0.2) is 28.7 Å². The quantitative estimate of drug-likeness (QED) is 0.110. The average Bonchev–Trinajstić information content (AvgIpc) is 3.80. The van der Waals surface area contributed by atoms with Crippen LogP contribution in [0.15, 0.2) is 91.4 Å². The number of ether oxygens (including phenoxy) is 4. The molecule has 11 heteroatoms. The topological polar surface area (TPSA) is 71.8 Å². The van der Waals surface area contributed by atoms with E-state index in [4.69, 9.17) is 42.1 Å². The van der Waals surface area contributed by atoms with E-state index in [1.54, 1.807) is 22.9 Å². The van der Waals surface area contributed by atoms with Crippen LogP contribution in [0, 0.1) is 5.92 Å². The van der Waals surface area contributed by atoms with Gasteiger partial charge in [0, 0.05) is 35.9 Å². The number of pyridine rings is 1. The fourth-order valence-corrected chi connectivity index (χ4v) is 5.57. The van der Waals surface area contributed by atoms with Crippen LogP contribution >= 0.6 is 23.2 Å². The molecule has 0 aliphatic heterocycles. The molecule has 1 aliphatic rings. The van der Waals surface area contributed by atoms with Crippen LogP contribution in [0.4, 0.5) is 8.78 Å². The Morgan fingerprint density at radius 3 is 2.46 bits per heavy atom. The summed E-state index contributed by atoms with van der Waals surface area (Å²) < 4.78 is 50.6. The Labute approximate surface area is 274 Å². The molecule has 5 aromatic rings. The van der Waals surface area contributed by atoms with Gasteiger partial charge in [-0.15, -0.1) is 0 Å². The van der Waals surface area contributed by atoms with Crippen LogP contribution in [0.3, 0.4) is 0 Å². The molecular weight excluding hydrogens is 637 g/mol. The third-order valence-electron chi connectivity index (χ3n) is 7.63. The van der Waals surface area contributed by atoms with Crippen molar-refractivity contribution in [3.63, 3.8) is 0 Å². The van der Waals surface area contributed by atoms with Crippen molar-refractivity contribution in [2.45, 2.75) is 45.1 Å². The number of alkyl halides is 2. The molecule has 1 fully saturated rings. The van der Waals surface area contributed by atoms with Crippen molar-refractivity contribution < 1.29 is 32.5 Å². The Bertz CT molecular complexity index is 1790. The standard InChI is InChI=1S/C35H30Cl2F2N2O5/c36-28-17-40-18-29(37)27(28)16-32(25-8-11-31(46-35(38)39)33(15-25)44-21-23-6-7-23)45-34(42)19-41-13-12-24-14-26(9-10-30(24)41)43-20-22-4-2-1-3-5-22/h1-5,8-15,17-18,23,32,35H,6-7,16,19-21H2. The molecule has 0 amide bonds. The second kappa shape index (κ2) is 14.4. The highest BCUT2D eigenvalue weighted by Gasteiger charge is 2.26. The van der Waals surface area contributed by atoms with Gasteiger partial charge >= 0.3 is 12.6 Å². The van der Waals surface area contributed by atoms with Crippen molar-refractivity contribution in [2.75, 3.05) is 6.61 Å². The van der Waals surface area contributed by atoms with E-state index in [0.717, 1.165) is 29.3 Å². The first-order valence-electron chi connectivity index (χ1n) is 14.8. The van der Waals surface area contributed by atoms with Crippen molar-refractivity contribution in [2.24, 2.45) is 5.92 Å². The fraction of sp³-hybridized carbons (Fsp3) is 0.257. The van der Waals surface area contributed by atoms with E-state index in [1.165, 1.54) is 18.5 Å². The molecule has 1 unspecified atom stereocenters. The minimum absolute atomic E-state index is 0.0837. The number of carbonyl (C=O) groups is 1. The van der Waals surface area contributed by atoms with Gasteiger partial charge in [0.25, 0.3) is 0 Å². The lowest BCUT2D eigenvalue weighted by atomic mass is 10.0. The summed E-state index contributed by atoms with van der Waals surface area (Å²) in [7, 11) is 0. The van der Waals surface area contributed by atoms with E-state index in [0.29, 0.717) is 46.1 Å². The first-order chi connectivity index (χ1) is 22.3. The Hall–Kier alpha value is -4.34. The van der Waals surface area contributed by atoms with Crippen molar-refractivity contribution in [1.82, 2.24) is 9.55 Å². The van der Waals surface area contributed by atoms with E-state index < -0.39 is 18.7 Å². The maximum Gasteiger partial charge on any atom is 0.387 e. The van der Waals surface area contributed by atoms with Crippen molar-refractivity contribution in [1.29, 1.82) is 0 Å². The first kappa shape index (κ1) is 31.6. The zero-order valence-corrected chi connectivity index (χ0v) is 26.1. The highest BCUT2D eigenvalue weighted by molar-refractivity contribution is 6.35. The molecule has 0 saturated heterocycles. The largest absolute Gasteiger partial charge is 0.489 e. The highest BCUT2D eigenvalue weighted by Crippen LogP contribution is 2.38. The minimum Gasteiger partial charge on any atom is -0.489 e. The molecule has 0 spiro atoms. The Morgan fingerprint density at radius 1 is 0.935 bits per heavy atom. The first-order valence-corrected chi connectivity index (χ1v) is 15.5. The molecule has 2 heterocycles. The Morgan fingerprint density at radius 2 is 1.72 bits per heavy atom. The molecule has 238 valence electrons. The van der Waals surface area contributed by atoms with Gasteiger partial charge in [0.15, 0.2) is 11.5 Å². The van der Waals surface area contributed by atoms with E-state index in [-0.39, 0.29) is 24.5 Å². The normalized spacial score (nSPS) is 13.5. The average molecular weight is 668 g/mol. The summed E-state index contributed by atoms with van der Waals surface area (Å²) >= 11 is 12.8. The van der Waals surface area contributed by atoms with Gasteiger partial charge < -0.3 is 23.5 Å². The van der Waals surface area contributed by atoms with E-state index in [2.05, 4.69) is 4.98 Å². The Balaban J connectivity index is 1.22. The number of fused-ring (bicyclic) bond motifs is 1. The van der Waals surface area contributed by atoms with Crippen LogP contribution < -0.4 is 14.2 Å². The predicted octanol–water partition coefficient (Wildman–Crippen LogP) is 8.84. The molecule has 1 saturated carbocycles. The summed E-state index contributed by atoms with van der Waals surface area (Å²) in [6.45, 7) is -2.30. The zero-order chi connectivity index (χ0) is 32.0. The number of esters is 1. The SMILES string of the molecule is O=C(Cn1ccc2cc(OCc3ccccc3)ccc21)OC(Cc1c(Cl)cncc1Cl)c1ccc(OC(F)F)c(OCC2CC2)c1. The number of halogens is 4. The van der Waals surface area contributed by atoms with Gasteiger partial charge in [0.2, 0.25) is 0 Å². The van der Waals surface area contributed by atoms with E-state index in [1.807, 2.05) is 54.6 Å². The van der Waals surface area contributed by atoms with Gasteiger partial charge in [0.1, 0.15) is 25.0 Å². The highest BCUT2D eigenvalue weighted by atomic mass is 35.5. The monoisotopic (exact) mass is 666 g/mol. The summed E-state index contributed by atoms with van der Waals surface area (Å²) in [6.07, 6.45) is 5.97. The molecule has 1 aliphatic carbocycles. The molecule has 7 nitrogen and oxygen atoms in total. The summed E-state index contributed by atoms with van der Waals surface area (Å²) in [6, 6.07) is 22.0. The number of hydrogen-bond acceptors (Lipinski definition) is 6. The number of carbonyl (C=O) groups excluding carboxylic acids is 1. The summed E-state index contributed by atoms with van der Waals surface area (Å²) in [5.41, 5.74) is 2.91. The van der Waals surface area contributed by atoms with E-state index in [9.17, 15) is 13.6 Å². The van der Waals surface area contributed by atoms with E-state index >= 15 is 0 Å². The lowest BCUT2D eigenvalue weighted by Gasteiger charge is -2.22. The lowest BCUT2D eigenvalue weighted by molar-refractivity contribution is -0.150. The lowest BCUT2D eigenvalue weighted by Crippen LogP contribution is -2.19. The van der Waals surface area contributed by atoms with Crippen LogP contribution in [0.25, 0.3) is 10.9 Å². The molecular formula is C35H30Cl2F2N2O5. The van der Waals surface area contributed by atoms with Gasteiger partial charge in [-0.3, -0.25) is 9.78 Å². The van der Waals surface area contributed by atoms with Crippen LogP contribution in [0.5, 0.6) is 17.2 Å². The number of benzene rings is 3. The number of rotatable bonds is 14. The molecule has 0 bridgehead atoms. The molecule has 3 aromatic carbocycles. The number of hydrogen-bond donors (Lipinski definition) is 0. The fourth-order valence-electron chi connectivity index (χ4n) is 5.05. The molecule has 2 aromatic heterocycles. The maximum absolute atomic E-state index is 13.4. The third-order valence-corrected chi connectivity index (χ3v) is 8.28. The van der Waals surface area contributed by atoms with Crippen molar-refractivity contribution in [3.05, 3.63) is 118 Å². The zero-order valence-electron chi connectivity index (χ0n) is 24.6. The Kier molecular flexibility index (Phi) is 9.90. The predicted molar refractivity (Wildman–Crippen MR) is 171 cm³/mol. The minimum atomic E-state index is -3.03. The van der Waals surface area contributed by atoms with Crippen LogP contribution in [0.1, 0.15) is 35.6 Å². The third kappa shape index (κ3) is 8.08. The second-order valence-corrected chi connectivity index (χ2v) is 11.9. The van der Waals surface area contributed by atoms with Crippen LogP contribution in [-0.2, 0) is 29.1 Å². The van der Waals surface area contributed by atoms with Gasteiger partial charge in [-0.25, -0.2) is 0 Å². The summed E-state index contributed by atoms with van der Waals surface area (Å²) in [4.78, 5) is 17.4. The van der Waals surface area contributed by atoms with Gasteiger partial charge in [-0.05, 0) is 71.8 Å². The van der Waals surface area contributed by atoms with Gasteiger partial charge in [0.05, 0.1) is 16.7 Å². The number of aromatic nitrogens is 2. The number of nitrogens with zero attached hydrogens (tertiary/aromatic N) is 2. The molecule has 1 atom stereocenters. The smallest absolute Gasteiger partial charge is 0.387 e. The molecule has 6 rings (SSSR count). The molecule has 46 heavy (non-hydrogen) atoms. The van der Waals surface area contributed by atoms with Crippen molar-refractivity contribution >= 4 is 40.1 Å². The second-order valence-electron chi connectivity index (χ2n) is 11.0. The van der Waals surface area contributed by atoms with Crippen LogP contribution in [0.2, 0.25) is 10.0 Å². The molecule has 0 radical (unpaired) electrons. The summed E-state index contributed by atoms with van der Waals surface area (Å²) in [5, 5.41) is 1.51.